The predicted octanol–water partition coefficient (Wildman–Crippen LogP) is 2.22. The molecule has 0 atom stereocenters. The number of nitrogens with one attached hydrogen (secondary N) is 1. The Kier molecular flexibility index (Phi) is 4.41. The second-order valence-corrected chi connectivity index (χ2v) is 4.34. The zero-order valence-electron chi connectivity index (χ0n) is 11.3. The third-order valence-electron chi connectivity index (χ3n) is 2.48. The van der Waals surface area contributed by atoms with Crippen LogP contribution in [0.1, 0.15) is 18.3 Å². The molecule has 20 heavy (non-hydrogen) atoms. The van der Waals surface area contributed by atoms with Crippen LogP contribution in [0.25, 0.3) is 0 Å². The number of pyridine rings is 1. The highest BCUT2D eigenvalue weighted by atomic mass is 32.1. The molecule has 3 N–H and O–H groups in total. The highest BCUT2D eigenvalue weighted by Crippen LogP contribution is 2.22. The molecule has 0 aliphatic heterocycles. The van der Waals surface area contributed by atoms with Gasteiger partial charge in [-0.3, -0.25) is 0 Å². The summed E-state index contributed by atoms with van der Waals surface area (Å²) in [6.07, 6.45) is 3.27. The minimum Gasteiger partial charge on any atom is -0.483 e. The third-order valence-corrected chi connectivity index (χ3v) is 2.82. The van der Waals surface area contributed by atoms with Gasteiger partial charge in [-0.05, 0) is 38.2 Å². The first-order chi connectivity index (χ1) is 9.61. The van der Waals surface area contributed by atoms with Crippen LogP contribution in [-0.4, -0.2) is 26.6 Å². The maximum Gasteiger partial charge on any atom is 0.196 e. The van der Waals surface area contributed by atoms with Crippen LogP contribution in [-0.2, 0) is 4.74 Å². The standard InChI is InChI=1S/C13H15N5OS/c1-3-19-13(20)9-7-16-8(2)17-11(9)18-12-10(14)5-4-6-15-12/h4-7H,3,14H2,1-2H3,(H,15,16,17,18). The van der Waals surface area contributed by atoms with Gasteiger partial charge in [0.1, 0.15) is 11.6 Å². The van der Waals surface area contributed by atoms with Gasteiger partial charge in [0.05, 0.1) is 17.9 Å². The summed E-state index contributed by atoms with van der Waals surface area (Å²) >= 11 is 5.21. The molecule has 0 radical (unpaired) electrons. The summed E-state index contributed by atoms with van der Waals surface area (Å²) in [7, 11) is 0. The monoisotopic (exact) mass is 289 g/mol. The van der Waals surface area contributed by atoms with Crippen molar-refractivity contribution in [3.8, 4) is 0 Å². The minimum absolute atomic E-state index is 0.338. The topological polar surface area (TPSA) is 86.0 Å². The molecule has 2 heterocycles. The van der Waals surface area contributed by atoms with Gasteiger partial charge in [-0.25, -0.2) is 15.0 Å². The number of nitrogens with zero attached hydrogens (tertiary/aromatic N) is 3. The van der Waals surface area contributed by atoms with Gasteiger partial charge in [-0.15, -0.1) is 0 Å². The third kappa shape index (κ3) is 3.18. The van der Waals surface area contributed by atoms with E-state index in [9.17, 15) is 0 Å². The molecule has 6 nitrogen and oxygen atoms in total. The average Bonchev–Trinajstić information content (AvgIpc) is 2.42. The molecular weight excluding hydrogens is 274 g/mol. The number of hydrogen-bond donors (Lipinski definition) is 2. The molecule has 0 fully saturated rings. The SMILES string of the molecule is CCOC(=S)c1cnc(C)nc1Nc1ncccc1N. The van der Waals surface area contributed by atoms with Crippen molar-refractivity contribution in [2.24, 2.45) is 0 Å². The van der Waals surface area contributed by atoms with Gasteiger partial charge in [0.2, 0.25) is 0 Å². The van der Waals surface area contributed by atoms with Crippen molar-refractivity contribution < 1.29 is 4.74 Å². The lowest BCUT2D eigenvalue weighted by Gasteiger charge is -2.12. The zero-order valence-corrected chi connectivity index (χ0v) is 12.1. The first-order valence-electron chi connectivity index (χ1n) is 6.10. The van der Waals surface area contributed by atoms with Crippen molar-refractivity contribution in [1.29, 1.82) is 0 Å². The fraction of sp³-hybridized carbons (Fsp3) is 0.231. The van der Waals surface area contributed by atoms with Crippen molar-refractivity contribution in [2.75, 3.05) is 17.7 Å². The molecule has 2 aromatic rings. The molecule has 0 aliphatic carbocycles. The van der Waals surface area contributed by atoms with Crippen molar-refractivity contribution in [1.82, 2.24) is 15.0 Å². The maximum atomic E-state index is 5.86. The Balaban J connectivity index is 2.37. The molecule has 0 amide bonds. The summed E-state index contributed by atoms with van der Waals surface area (Å²) in [5.74, 6) is 1.66. The lowest BCUT2D eigenvalue weighted by Crippen LogP contribution is -2.11. The molecule has 104 valence electrons. The smallest absolute Gasteiger partial charge is 0.196 e. The Morgan fingerprint density at radius 1 is 1.40 bits per heavy atom. The van der Waals surface area contributed by atoms with Crippen molar-refractivity contribution >= 4 is 34.6 Å². The number of aromatic nitrogens is 3. The van der Waals surface area contributed by atoms with Crippen molar-refractivity contribution in [3.05, 3.63) is 35.9 Å². The predicted molar refractivity (Wildman–Crippen MR) is 82.0 cm³/mol. The highest BCUT2D eigenvalue weighted by molar-refractivity contribution is 7.80. The largest absolute Gasteiger partial charge is 0.483 e. The van der Waals surface area contributed by atoms with Crippen LogP contribution in [0.2, 0.25) is 0 Å². The van der Waals surface area contributed by atoms with E-state index < -0.39 is 0 Å². The molecule has 2 rings (SSSR count). The molecule has 7 heteroatoms. The normalized spacial score (nSPS) is 10.1. The van der Waals surface area contributed by atoms with E-state index in [1.807, 2.05) is 6.92 Å². The van der Waals surface area contributed by atoms with Crippen LogP contribution in [0, 0.1) is 6.92 Å². The van der Waals surface area contributed by atoms with Gasteiger partial charge in [0.25, 0.3) is 0 Å². The first-order valence-corrected chi connectivity index (χ1v) is 6.51. The van der Waals surface area contributed by atoms with Crippen LogP contribution >= 0.6 is 12.2 Å². The van der Waals surface area contributed by atoms with Crippen LogP contribution in [0.5, 0.6) is 0 Å². The van der Waals surface area contributed by atoms with E-state index in [0.717, 1.165) is 0 Å². The van der Waals surface area contributed by atoms with Crippen LogP contribution in [0.15, 0.2) is 24.5 Å². The van der Waals surface area contributed by atoms with Crippen LogP contribution in [0.3, 0.4) is 0 Å². The number of ether oxygens (including phenoxy) is 1. The quantitative estimate of drug-likeness (QED) is 0.834. The Hall–Kier alpha value is -2.28. The fourth-order valence-corrected chi connectivity index (χ4v) is 1.83. The Morgan fingerprint density at radius 3 is 2.90 bits per heavy atom. The molecular formula is C13H15N5OS. The summed E-state index contributed by atoms with van der Waals surface area (Å²) < 4.78 is 5.34. The summed E-state index contributed by atoms with van der Waals surface area (Å²) in [6, 6.07) is 3.52. The van der Waals surface area contributed by atoms with E-state index in [1.54, 1.807) is 31.5 Å². The van der Waals surface area contributed by atoms with Gasteiger partial charge >= 0.3 is 0 Å². The van der Waals surface area contributed by atoms with Crippen molar-refractivity contribution in [2.45, 2.75) is 13.8 Å². The fourth-order valence-electron chi connectivity index (χ4n) is 1.56. The highest BCUT2D eigenvalue weighted by Gasteiger charge is 2.13. The lowest BCUT2D eigenvalue weighted by atomic mass is 10.3. The number of nitrogen functional groups attached to an aromatic ring is 1. The summed E-state index contributed by atoms with van der Waals surface area (Å²) in [4.78, 5) is 12.6. The molecule has 0 unspecified atom stereocenters. The number of anilines is 3. The summed E-state index contributed by atoms with van der Waals surface area (Å²) in [5, 5.41) is 3.40. The summed E-state index contributed by atoms with van der Waals surface area (Å²) in [5.41, 5.74) is 6.99. The maximum absolute atomic E-state index is 5.86. The van der Waals surface area contributed by atoms with E-state index in [-0.39, 0.29) is 0 Å². The second-order valence-electron chi connectivity index (χ2n) is 3.97. The van der Waals surface area contributed by atoms with E-state index >= 15 is 0 Å². The second kappa shape index (κ2) is 6.25. The summed E-state index contributed by atoms with van der Waals surface area (Å²) in [6.45, 7) is 4.14. The molecule has 0 saturated carbocycles. The Morgan fingerprint density at radius 2 is 2.20 bits per heavy atom. The molecule has 0 aliphatic rings. The minimum atomic E-state index is 0.338. The molecule has 0 spiro atoms. The number of rotatable bonds is 4. The number of nitrogens with two attached hydrogens (primary N) is 1. The van der Waals surface area contributed by atoms with Crippen molar-refractivity contribution in [3.63, 3.8) is 0 Å². The van der Waals surface area contributed by atoms with E-state index in [4.69, 9.17) is 22.7 Å². The van der Waals surface area contributed by atoms with Gasteiger partial charge in [0.15, 0.2) is 10.9 Å². The molecule has 0 saturated heterocycles. The van der Waals surface area contributed by atoms with Gasteiger partial charge in [0, 0.05) is 12.4 Å². The van der Waals surface area contributed by atoms with Crippen LogP contribution < -0.4 is 11.1 Å². The Bertz CT molecular complexity index is 632. The van der Waals surface area contributed by atoms with E-state index in [1.165, 1.54) is 0 Å². The molecule has 0 bridgehead atoms. The number of hydrogen-bond acceptors (Lipinski definition) is 7. The van der Waals surface area contributed by atoms with Gasteiger partial charge < -0.3 is 15.8 Å². The number of aryl methyl sites for hydroxylation is 1. The first kappa shape index (κ1) is 14.1. The number of thiocarbonyl (C=S) groups is 1. The van der Waals surface area contributed by atoms with Gasteiger partial charge in [-0.1, -0.05) is 0 Å². The lowest BCUT2D eigenvalue weighted by molar-refractivity contribution is 0.337. The molecule has 0 aromatic carbocycles. The van der Waals surface area contributed by atoms with E-state index in [2.05, 4.69) is 20.3 Å². The van der Waals surface area contributed by atoms with E-state index in [0.29, 0.717) is 40.4 Å². The average molecular weight is 289 g/mol. The Labute approximate surface area is 122 Å². The van der Waals surface area contributed by atoms with Gasteiger partial charge in [-0.2, -0.15) is 0 Å². The van der Waals surface area contributed by atoms with Crippen LogP contribution in [0.4, 0.5) is 17.3 Å². The zero-order chi connectivity index (χ0) is 14.5. The molecule has 2 aromatic heterocycles.